The molecule has 0 aliphatic heterocycles. The largest absolute Gasteiger partial charge is 0.269 e. The Morgan fingerprint density at radius 1 is 1.24 bits per heavy atom. The topological polar surface area (TPSA) is 68.9 Å². The minimum Gasteiger partial charge on any atom is -0.258 e. The molecule has 0 unspecified atom stereocenters. The number of hydrogen-bond acceptors (Lipinski definition) is 5. The Kier molecular flexibility index (Phi) is 3.34. The first-order valence-electron chi connectivity index (χ1n) is 4.82. The highest BCUT2D eigenvalue weighted by molar-refractivity contribution is 7.98. The number of benzene rings is 1. The second-order valence-corrected chi connectivity index (χ2v) is 4.01. The summed E-state index contributed by atoms with van der Waals surface area (Å²) in [6, 6.07) is 8.09. The lowest BCUT2D eigenvalue weighted by Gasteiger charge is -2.01. The molecule has 0 aliphatic carbocycles. The highest BCUT2D eigenvalue weighted by Gasteiger charge is 2.06. The van der Waals surface area contributed by atoms with Crippen LogP contribution >= 0.6 is 11.8 Å². The molecule has 0 N–H and O–H groups in total. The van der Waals surface area contributed by atoms with Gasteiger partial charge in [0.2, 0.25) is 0 Å². The van der Waals surface area contributed by atoms with Gasteiger partial charge in [0.05, 0.1) is 10.6 Å². The number of rotatable bonds is 3. The average molecular weight is 247 g/mol. The molecule has 0 atom stereocenters. The van der Waals surface area contributed by atoms with Gasteiger partial charge in [0, 0.05) is 23.9 Å². The molecule has 1 aromatic carbocycles. The maximum atomic E-state index is 10.5. The molecule has 0 aliphatic rings. The minimum absolute atomic E-state index is 0.0768. The van der Waals surface area contributed by atoms with E-state index < -0.39 is 4.92 Å². The van der Waals surface area contributed by atoms with E-state index in [1.54, 1.807) is 24.4 Å². The quantitative estimate of drug-likeness (QED) is 0.361. The SMILES string of the molecule is CSc1nccc(-c2ccc([N+](=O)[O-])cc2)n1. The summed E-state index contributed by atoms with van der Waals surface area (Å²) in [7, 11) is 0. The van der Waals surface area contributed by atoms with E-state index in [0.717, 1.165) is 11.3 Å². The van der Waals surface area contributed by atoms with Gasteiger partial charge < -0.3 is 0 Å². The number of nitro groups is 1. The van der Waals surface area contributed by atoms with E-state index in [1.807, 2.05) is 6.26 Å². The Morgan fingerprint density at radius 2 is 1.94 bits per heavy atom. The van der Waals surface area contributed by atoms with E-state index in [4.69, 9.17) is 0 Å². The Morgan fingerprint density at radius 3 is 2.53 bits per heavy atom. The molecule has 0 fully saturated rings. The summed E-state index contributed by atoms with van der Waals surface area (Å²) >= 11 is 1.46. The Balaban J connectivity index is 2.36. The van der Waals surface area contributed by atoms with Crippen molar-refractivity contribution in [3.05, 3.63) is 46.6 Å². The van der Waals surface area contributed by atoms with Crippen LogP contribution in [0.15, 0.2) is 41.7 Å². The van der Waals surface area contributed by atoms with Crippen LogP contribution in [-0.2, 0) is 0 Å². The molecule has 0 bridgehead atoms. The Bertz CT molecular complexity index is 543. The summed E-state index contributed by atoms with van der Waals surface area (Å²) in [5.41, 5.74) is 1.68. The summed E-state index contributed by atoms with van der Waals surface area (Å²) in [4.78, 5) is 18.5. The first kappa shape index (κ1) is 11.5. The van der Waals surface area contributed by atoms with Crippen molar-refractivity contribution in [1.82, 2.24) is 9.97 Å². The molecule has 0 spiro atoms. The molecule has 0 saturated heterocycles. The summed E-state index contributed by atoms with van der Waals surface area (Å²) < 4.78 is 0. The van der Waals surface area contributed by atoms with Gasteiger partial charge in [-0.2, -0.15) is 0 Å². The van der Waals surface area contributed by atoms with Crippen LogP contribution in [-0.4, -0.2) is 21.1 Å². The first-order valence-corrected chi connectivity index (χ1v) is 6.05. The molecule has 6 heteroatoms. The number of aromatic nitrogens is 2. The molecule has 0 saturated carbocycles. The second kappa shape index (κ2) is 4.92. The average Bonchev–Trinajstić information content (AvgIpc) is 2.39. The van der Waals surface area contributed by atoms with E-state index in [2.05, 4.69) is 9.97 Å². The summed E-state index contributed by atoms with van der Waals surface area (Å²) in [6.45, 7) is 0. The van der Waals surface area contributed by atoms with Crippen molar-refractivity contribution in [3.8, 4) is 11.3 Å². The summed E-state index contributed by atoms with van der Waals surface area (Å²) in [5, 5.41) is 11.2. The van der Waals surface area contributed by atoms with E-state index in [9.17, 15) is 10.1 Å². The van der Waals surface area contributed by atoms with E-state index in [-0.39, 0.29) is 5.69 Å². The van der Waals surface area contributed by atoms with Gasteiger partial charge in [0.1, 0.15) is 0 Å². The third-order valence-electron chi connectivity index (χ3n) is 2.19. The van der Waals surface area contributed by atoms with Crippen molar-refractivity contribution in [1.29, 1.82) is 0 Å². The van der Waals surface area contributed by atoms with Crippen LogP contribution in [0.4, 0.5) is 5.69 Å². The summed E-state index contributed by atoms with van der Waals surface area (Å²) in [5.74, 6) is 0. The third kappa shape index (κ3) is 2.59. The van der Waals surface area contributed by atoms with E-state index >= 15 is 0 Å². The van der Waals surface area contributed by atoms with E-state index in [1.165, 1.54) is 23.9 Å². The van der Waals surface area contributed by atoms with Crippen molar-refractivity contribution < 1.29 is 4.92 Å². The minimum atomic E-state index is -0.420. The molecule has 1 heterocycles. The monoisotopic (exact) mass is 247 g/mol. The van der Waals surface area contributed by atoms with Gasteiger partial charge >= 0.3 is 0 Å². The molecule has 5 nitrogen and oxygen atoms in total. The highest BCUT2D eigenvalue weighted by Crippen LogP contribution is 2.21. The molecular weight excluding hydrogens is 238 g/mol. The van der Waals surface area contributed by atoms with Crippen molar-refractivity contribution >= 4 is 17.4 Å². The van der Waals surface area contributed by atoms with Crippen molar-refractivity contribution in [2.24, 2.45) is 0 Å². The fourth-order valence-electron chi connectivity index (χ4n) is 1.35. The Labute approximate surface area is 102 Å². The number of non-ortho nitro benzene ring substituents is 1. The van der Waals surface area contributed by atoms with Gasteiger partial charge in [0.25, 0.3) is 5.69 Å². The molecular formula is C11H9N3O2S. The number of hydrogen-bond donors (Lipinski definition) is 0. The van der Waals surface area contributed by atoms with Crippen molar-refractivity contribution in [2.75, 3.05) is 6.26 Å². The molecule has 86 valence electrons. The van der Waals surface area contributed by atoms with Crippen LogP contribution in [0.5, 0.6) is 0 Å². The highest BCUT2D eigenvalue weighted by atomic mass is 32.2. The second-order valence-electron chi connectivity index (χ2n) is 3.23. The van der Waals surface area contributed by atoms with Gasteiger partial charge in [-0.1, -0.05) is 11.8 Å². The first-order chi connectivity index (χ1) is 8.20. The van der Waals surface area contributed by atoms with E-state index in [0.29, 0.717) is 5.16 Å². The van der Waals surface area contributed by atoms with Crippen LogP contribution in [0.3, 0.4) is 0 Å². The lowest BCUT2D eigenvalue weighted by Crippen LogP contribution is -1.90. The third-order valence-corrected chi connectivity index (χ3v) is 2.75. The van der Waals surface area contributed by atoms with Crippen LogP contribution < -0.4 is 0 Å². The molecule has 2 rings (SSSR count). The molecule has 0 amide bonds. The van der Waals surface area contributed by atoms with Gasteiger partial charge in [0.15, 0.2) is 5.16 Å². The lowest BCUT2D eigenvalue weighted by molar-refractivity contribution is -0.384. The smallest absolute Gasteiger partial charge is 0.258 e. The van der Waals surface area contributed by atoms with Crippen molar-refractivity contribution in [2.45, 2.75) is 5.16 Å². The van der Waals surface area contributed by atoms with Gasteiger partial charge in [-0.15, -0.1) is 0 Å². The zero-order valence-corrected chi connectivity index (χ0v) is 9.85. The van der Waals surface area contributed by atoms with Gasteiger partial charge in [-0.25, -0.2) is 9.97 Å². The van der Waals surface area contributed by atoms with Crippen LogP contribution in [0.25, 0.3) is 11.3 Å². The van der Waals surface area contributed by atoms with Crippen molar-refractivity contribution in [3.63, 3.8) is 0 Å². The molecule has 0 radical (unpaired) electrons. The fourth-order valence-corrected chi connectivity index (χ4v) is 1.71. The molecule has 2 aromatic rings. The van der Waals surface area contributed by atoms with Crippen LogP contribution in [0, 0.1) is 10.1 Å². The number of nitro benzene ring substituents is 1. The lowest BCUT2D eigenvalue weighted by atomic mass is 10.1. The normalized spacial score (nSPS) is 10.2. The van der Waals surface area contributed by atoms with Crippen LogP contribution in [0.1, 0.15) is 0 Å². The zero-order valence-electron chi connectivity index (χ0n) is 9.03. The number of nitrogens with zero attached hydrogens (tertiary/aromatic N) is 3. The predicted molar refractivity (Wildman–Crippen MR) is 65.9 cm³/mol. The Hall–Kier alpha value is -1.95. The summed E-state index contributed by atoms with van der Waals surface area (Å²) in [6.07, 6.45) is 3.57. The van der Waals surface area contributed by atoms with Gasteiger partial charge in [-0.05, 0) is 24.5 Å². The fraction of sp³-hybridized carbons (Fsp3) is 0.0909. The van der Waals surface area contributed by atoms with Gasteiger partial charge in [-0.3, -0.25) is 10.1 Å². The molecule has 1 aromatic heterocycles. The molecule has 17 heavy (non-hydrogen) atoms. The standard InChI is InChI=1S/C11H9N3O2S/c1-17-11-12-7-6-10(13-11)8-2-4-9(5-3-8)14(15)16/h2-7H,1H3. The number of thioether (sulfide) groups is 1. The zero-order chi connectivity index (χ0) is 12.3. The van der Waals surface area contributed by atoms with Crippen LogP contribution in [0.2, 0.25) is 0 Å². The predicted octanol–water partition coefficient (Wildman–Crippen LogP) is 2.77. The maximum Gasteiger partial charge on any atom is 0.269 e. The maximum absolute atomic E-state index is 10.5.